The van der Waals surface area contributed by atoms with E-state index in [4.69, 9.17) is 5.73 Å². The minimum atomic E-state index is -0.350. The number of hydrogen-bond acceptors (Lipinski definition) is 5. The van der Waals surface area contributed by atoms with Gasteiger partial charge in [0.1, 0.15) is 5.69 Å². The summed E-state index contributed by atoms with van der Waals surface area (Å²) >= 11 is 0. The fourth-order valence-electron chi connectivity index (χ4n) is 3.02. The highest BCUT2D eigenvalue weighted by Gasteiger charge is 2.30. The zero-order valence-corrected chi connectivity index (χ0v) is 12.1. The molecule has 0 aliphatic heterocycles. The molecular weight excluding hydrogens is 258 g/mol. The van der Waals surface area contributed by atoms with Crippen LogP contribution in [0.3, 0.4) is 0 Å². The lowest BCUT2D eigenvalue weighted by atomic mass is 9.84. The first-order valence-electron chi connectivity index (χ1n) is 7.26. The summed E-state index contributed by atoms with van der Waals surface area (Å²) in [6.07, 6.45) is 4.42. The Labute approximate surface area is 118 Å². The van der Waals surface area contributed by atoms with Gasteiger partial charge in [0.2, 0.25) is 5.82 Å². The van der Waals surface area contributed by atoms with E-state index in [1.54, 1.807) is 11.6 Å². The highest BCUT2D eigenvalue weighted by molar-refractivity contribution is 5.60. The van der Waals surface area contributed by atoms with Gasteiger partial charge in [-0.1, -0.05) is 12.8 Å². The topological polar surface area (TPSA) is 99.0 Å². The van der Waals surface area contributed by atoms with Crippen molar-refractivity contribution in [3.8, 4) is 0 Å². The predicted octanol–water partition coefficient (Wildman–Crippen LogP) is 2.05. The number of aryl methyl sites for hydroxylation is 2. The van der Waals surface area contributed by atoms with E-state index in [9.17, 15) is 10.1 Å². The molecular formula is C13H23N5O2. The lowest BCUT2D eigenvalue weighted by Gasteiger charge is -2.31. The average Bonchev–Trinajstić information content (AvgIpc) is 2.75. The van der Waals surface area contributed by atoms with Gasteiger partial charge in [0.15, 0.2) is 0 Å². The molecule has 2 rings (SSSR count). The Morgan fingerprint density at radius 1 is 1.50 bits per heavy atom. The third-order valence-electron chi connectivity index (χ3n) is 4.11. The van der Waals surface area contributed by atoms with Gasteiger partial charge >= 0.3 is 5.69 Å². The molecule has 7 nitrogen and oxygen atoms in total. The standard InChI is InChI=1S/C13H23N5O2/c1-3-17-13(12(18(19)20)9(2)16-17)15-11-7-5-4-6-10(11)8-14/h10-11,15H,3-8,14H2,1-2H3. The lowest BCUT2D eigenvalue weighted by molar-refractivity contribution is -0.384. The van der Waals surface area contributed by atoms with E-state index < -0.39 is 0 Å². The molecule has 0 spiro atoms. The Balaban J connectivity index is 2.29. The number of hydrogen-bond donors (Lipinski definition) is 2. The second-order valence-corrected chi connectivity index (χ2v) is 5.39. The van der Waals surface area contributed by atoms with Crippen LogP contribution in [0.5, 0.6) is 0 Å². The largest absolute Gasteiger partial charge is 0.361 e. The van der Waals surface area contributed by atoms with Gasteiger partial charge in [-0.05, 0) is 39.2 Å². The highest BCUT2D eigenvalue weighted by atomic mass is 16.6. The van der Waals surface area contributed by atoms with Crippen LogP contribution in [0.15, 0.2) is 0 Å². The van der Waals surface area contributed by atoms with E-state index in [1.807, 2.05) is 6.92 Å². The third kappa shape index (κ3) is 2.77. The predicted molar refractivity (Wildman–Crippen MR) is 77.7 cm³/mol. The number of nitro groups is 1. The molecule has 1 heterocycles. The van der Waals surface area contributed by atoms with Crippen LogP contribution in [0.25, 0.3) is 0 Å². The number of nitrogens with zero attached hydrogens (tertiary/aromatic N) is 3. The van der Waals surface area contributed by atoms with E-state index in [1.165, 1.54) is 6.42 Å². The van der Waals surface area contributed by atoms with Crippen molar-refractivity contribution in [3.63, 3.8) is 0 Å². The van der Waals surface area contributed by atoms with Gasteiger partial charge < -0.3 is 11.1 Å². The van der Waals surface area contributed by atoms with Crippen LogP contribution >= 0.6 is 0 Å². The van der Waals surface area contributed by atoms with Gasteiger partial charge in [-0.25, -0.2) is 4.68 Å². The molecule has 1 fully saturated rings. The van der Waals surface area contributed by atoms with Crippen LogP contribution in [0.1, 0.15) is 38.3 Å². The molecule has 0 aromatic carbocycles. The molecule has 0 bridgehead atoms. The number of aromatic nitrogens is 2. The van der Waals surface area contributed by atoms with Crippen LogP contribution < -0.4 is 11.1 Å². The zero-order chi connectivity index (χ0) is 14.7. The average molecular weight is 281 g/mol. The summed E-state index contributed by atoms with van der Waals surface area (Å²) in [5.41, 5.74) is 6.37. The Morgan fingerprint density at radius 2 is 2.20 bits per heavy atom. The maximum absolute atomic E-state index is 11.3. The van der Waals surface area contributed by atoms with Crippen LogP contribution in [0.2, 0.25) is 0 Å². The summed E-state index contributed by atoms with van der Waals surface area (Å²) < 4.78 is 1.68. The Hall–Kier alpha value is -1.63. The van der Waals surface area contributed by atoms with E-state index in [-0.39, 0.29) is 16.7 Å². The van der Waals surface area contributed by atoms with Crippen molar-refractivity contribution in [3.05, 3.63) is 15.8 Å². The van der Waals surface area contributed by atoms with E-state index in [0.29, 0.717) is 30.5 Å². The van der Waals surface area contributed by atoms with Gasteiger partial charge in [-0.3, -0.25) is 10.1 Å². The molecule has 1 saturated carbocycles. The molecule has 1 aromatic heterocycles. The minimum absolute atomic E-state index is 0.0909. The minimum Gasteiger partial charge on any atom is -0.361 e. The Kier molecular flexibility index (Phi) is 4.59. The molecule has 1 aliphatic rings. The molecule has 3 N–H and O–H groups in total. The molecule has 1 aliphatic carbocycles. The summed E-state index contributed by atoms with van der Waals surface area (Å²) in [7, 11) is 0. The number of rotatable bonds is 5. The molecule has 20 heavy (non-hydrogen) atoms. The number of nitrogens with two attached hydrogens (primary N) is 1. The highest BCUT2D eigenvalue weighted by Crippen LogP contribution is 2.32. The van der Waals surface area contributed by atoms with Gasteiger partial charge in [-0.2, -0.15) is 5.10 Å². The van der Waals surface area contributed by atoms with Crippen LogP contribution in [0, 0.1) is 23.0 Å². The maximum Gasteiger partial charge on any atom is 0.333 e. The molecule has 0 amide bonds. The van der Waals surface area contributed by atoms with Crippen molar-refractivity contribution < 1.29 is 4.92 Å². The first-order chi connectivity index (χ1) is 9.58. The van der Waals surface area contributed by atoms with Crippen LogP contribution in [-0.4, -0.2) is 27.3 Å². The fraction of sp³-hybridized carbons (Fsp3) is 0.769. The van der Waals surface area contributed by atoms with Gasteiger partial charge in [0.25, 0.3) is 0 Å². The van der Waals surface area contributed by atoms with Crippen molar-refractivity contribution in [2.75, 3.05) is 11.9 Å². The Bertz CT molecular complexity index is 485. The quantitative estimate of drug-likeness (QED) is 0.635. The smallest absolute Gasteiger partial charge is 0.333 e. The normalized spacial score (nSPS) is 22.8. The fourth-order valence-corrected chi connectivity index (χ4v) is 3.02. The molecule has 2 unspecified atom stereocenters. The van der Waals surface area contributed by atoms with E-state index >= 15 is 0 Å². The van der Waals surface area contributed by atoms with Crippen molar-refractivity contribution >= 4 is 11.5 Å². The van der Waals surface area contributed by atoms with Crippen molar-refractivity contribution in [1.82, 2.24) is 9.78 Å². The van der Waals surface area contributed by atoms with E-state index in [0.717, 1.165) is 19.3 Å². The van der Waals surface area contributed by atoms with Gasteiger partial charge in [0.05, 0.1) is 4.92 Å². The Morgan fingerprint density at radius 3 is 2.80 bits per heavy atom. The van der Waals surface area contributed by atoms with Crippen LogP contribution in [-0.2, 0) is 6.54 Å². The SMILES string of the molecule is CCn1nc(C)c([N+](=O)[O-])c1NC1CCCCC1CN. The maximum atomic E-state index is 11.3. The van der Waals surface area contributed by atoms with Gasteiger partial charge in [0, 0.05) is 12.6 Å². The van der Waals surface area contributed by atoms with Gasteiger partial charge in [-0.15, -0.1) is 0 Å². The van der Waals surface area contributed by atoms with Crippen LogP contribution in [0.4, 0.5) is 11.5 Å². The molecule has 2 atom stereocenters. The van der Waals surface area contributed by atoms with Crippen molar-refractivity contribution in [2.24, 2.45) is 11.7 Å². The first-order valence-corrected chi connectivity index (χ1v) is 7.26. The number of nitrogens with one attached hydrogen (secondary N) is 1. The molecule has 112 valence electrons. The van der Waals surface area contributed by atoms with E-state index in [2.05, 4.69) is 10.4 Å². The second kappa shape index (κ2) is 6.21. The third-order valence-corrected chi connectivity index (χ3v) is 4.11. The molecule has 1 aromatic rings. The molecule has 0 saturated heterocycles. The van der Waals surface area contributed by atoms with Crippen molar-refractivity contribution in [1.29, 1.82) is 0 Å². The summed E-state index contributed by atoms with van der Waals surface area (Å²) in [4.78, 5) is 10.9. The van der Waals surface area contributed by atoms with Crippen molar-refractivity contribution in [2.45, 2.75) is 52.1 Å². The molecule has 7 heteroatoms. The number of anilines is 1. The first kappa shape index (κ1) is 14.8. The second-order valence-electron chi connectivity index (χ2n) is 5.39. The molecule has 0 radical (unpaired) electrons. The lowest BCUT2D eigenvalue weighted by Crippen LogP contribution is -2.37. The zero-order valence-electron chi connectivity index (χ0n) is 12.1. The monoisotopic (exact) mass is 281 g/mol. The summed E-state index contributed by atoms with van der Waals surface area (Å²) in [5.74, 6) is 0.907. The summed E-state index contributed by atoms with van der Waals surface area (Å²) in [5, 5.41) is 18.9. The summed E-state index contributed by atoms with van der Waals surface area (Å²) in [6.45, 7) is 4.83. The summed E-state index contributed by atoms with van der Waals surface area (Å²) in [6, 6.07) is 0.203.